The molecule has 1 fully saturated rings. The molecule has 0 amide bonds. The van der Waals surface area contributed by atoms with E-state index in [1.165, 1.54) is 16.8 Å². The first-order valence-corrected chi connectivity index (χ1v) is 9.29. The van der Waals surface area contributed by atoms with Crippen molar-refractivity contribution in [2.45, 2.75) is 50.3 Å². The van der Waals surface area contributed by atoms with Gasteiger partial charge in [-0.05, 0) is 13.8 Å². The molecule has 0 aromatic carbocycles. The van der Waals surface area contributed by atoms with Crippen LogP contribution in [-0.4, -0.2) is 50.6 Å². The molecule has 3 rings (SSSR count). The lowest BCUT2D eigenvalue weighted by Gasteiger charge is -2.18. The van der Waals surface area contributed by atoms with Crippen molar-refractivity contribution in [2.75, 3.05) is 13.1 Å². The number of imidazole rings is 1. The molecule has 1 saturated heterocycles. The van der Waals surface area contributed by atoms with Gasteiger partial charge in [0.15, 0.2) is 16.5 Å². The van der Waals surface area contributed by atoms with Crippen LogP contribution in [0, 0.1) is 0 Å². The number of aromatic nitrogens is 4. The van der Waals surface area contributed by atoms with Gasteiger partial charge in [0.1, 0.15) is 0 Å². The van der Waals surface area contributed by atoms with Gasteiger partial charge in [-0.15, -0.1) is 0 Å². The minimum atomic E-state index is -3.78. The lowest BCUT2D eigenvalue weighted by atomic mass is 10.0. The third-order valence-corrected chi connectivity index (χ3v) is 5.90. The first kappa shape index (κ1) is 17.1. The SMILES string of the molecule is CCc1noc([C@]2(O)CCN(S(=O)(=O)c3cn(C(C)C)cn3)C2)n1. The average Bonchev–Trinajstić information content (AvgIpc) is 3.26. The van der Waals surface area contributed by atoms with Crippen molar-refractivity contribution in [1.29, 1.82) is 0 Å². The van der Waals surface area contributed by atoms with Crippen molar-refractivity contribution in [3.8, 4) is 0 Å². The van der Waals surface area contributed by atoms with Gasteiger partial charge in [0.05, 0.1) is 12.9 Å². The number of hydrogen-bond acceptors (Lipinski definition) is 7. The van der Waals surface area contributed by atoms with E-state index in [2.05, 4.69) is 15.1 Å². The Balaban J connectivity index is 1.83. The second-order valence-corrected chi connectivity index (χ2v) is 8.13. The second-order valence-electron chi connectivity index (χ2n) is 6.24. The number of sulfonamides is 1. The number of β-amino-alcohol motifs (C(OH)–C–C–N with tert-alkyl or cyclic N) is 1. The lowest BCUT2D eigenvalue weighted by molar-refractivity contribution is 0.0194. The van der Waals surface area contributed by atoms with Gasteiger partial charge in [0.2, 0.25) is 0 Å². The molecule has 1 aliphatic rings. The molecule has 10 heteroatoms. The van der Waals surface area contributed by atoms with Crippen LogP contribution in [0.3, 0.4) is 0 Å². The van der Waals surface area contributed by atoms with E-state index < -0.39 is 15.6 Å². The molecule has 2 aromatic heterocycles. The summed E-state index contributed by atoms with van der Waals surface area (Å²) >= 11 is 0. The molecule has 0 spiro atoms. The molecule has 1 N–H and O–H groups in total. The van der Waals surface area contributed by atoms with Crippen LogP contribution in [0.15, 0.2) is 22.1 Å². The second kappa shape index (κ2) is 5.94. The molecule has 0 bridgehead atoms. The van der Waals surface area contributed by atoms with Crippen molar-refractivity contribution in [3.63, 3.8) is 0 Å². The molecule has 2 aromatic rings. The monoisotopic (exact) mass is 355 g/mol. The van der Waals surface area contributed by atoms with E-state index in [0.717, 1.165) is 0 Å². The third kappa shape index (κ3) is 2.85. The van der Waals surface area contributed by atoms with Crippen molar-refractivity contribution < 1.29 is 18.0 Å². The highest BCUT2D eigenvalue weighted by atomic mass is 32.2. The van der Waals surface area contributed by atoms with Gasteiger partial charge in [0.25, 0.3) is 15.9 Å². The molecule has 1 atom stereocenters. The molecule has 9 nitrogen and oxygen atoms in total. The van der Waals surface area contributed by atoms with Crippen molar-refractivity contribution in [1.82, 2.24) is 24.0 Å². The minimum absolute atomic E-state index is 0.0276. The smallest absolute Gasteiger partial charge is 0.262 e. The minimum Gasteiger partial charge on any atom is -0.379 e. The Morgan fingerprint density at radius 2 is 2.21 bits per heavy atom. The Bertz CT molecular complexity index is 828. The van der Waals surface area contributed by atoms with E-state index in [-0.39, 0.29) is 36.5 Å². The number of aryl methyl sites for hydroxylation is 1. The summed E-state index contributed by atoms with van der Waals surface area (Å²) in [7, 11) is -3.78. The van der Waals surface area contributed by atoms with Crippen LogP contribution in [0.2, 0.25) is 0 Å². The molecule has 132 valence electrons. The Labute approximate surface area is 140 Å². The van der Waals surface area contributed by atoms with Crippen LogP contribution in [-0.2, 0) is 22.0 Å². The van der Waals surface area contributed by atoms with E-state index in [1.54, 1.807) is 4.57 Å². The van der Waals surface area contributed by atoms with Crippen LogP contribution >= 0.6 is 0 Å². The van der Waals surface area contributed by atoms with Gasteiger partial charge in [-0.3, -0.25) is 0 Å². The molecule has 1 aliphatic heterocycles. The Morgan fingerprint density at radius 1 is 1.46 bits per heavy atom. The molecular formula is C14H21N5O4S. The molecule has 0 radical (unpaired) electrons. The zero-order valence-electron chi connectivity index (χ0n) is 13.9. The number of hydrogen-bond donors (Lipinski definition) is 1. The maximum Gasteiger partial charge on any atom is 0.262 e. The summed E-state index contributed by atoms with van der Waals surface area (Å²) in [5.74, 6) is 0.542. The standard InChI is InChI=1S/C14H21N5O4S/c1-4-11-16-13(23-17-11)14(20)5-6-19(8-14)24(21,22)12-7-18(9-15-12)10(2)3/h7,9-10,20H,4-6,8H2,1-3H3/t14-/m0/s1. The van der Waals surface area contributed by atoms with Crippen LogP contribution in [0.1, 0.15) is 44.9 Å². The summed E-state index contributed by atoms with van der Waals surface area (Å²) in [4.78, 5) is 8.12. The van der Waals surface area contributed by atoms with Gasteiger partial charge < -0.3 is 14.2 Å². The fourth-order valence-electron chi connectivity index (χ4n) is 2.59. The zero-order chi connectivity index (χ0) is 17.5. The van der Waals surface area contributed by atoms with E-state index >= 15 is 0 Å². The average molecular weight is 355 g/mol. The maximum atomic E-state index is 12.7. The van der Waals surface area contributed by atoms with E-state index in [9.17, 15) is 13.5 Å². The summed E-state index contributed by atoms with van der Waals surface area (Å²) in [5.41, 5.74) is -1.46. The van der Waals surface area contributed by atoms with E-state index in [1.807, 2.05) is 20.8 Å². The number of aliphatic hydroxyl groups is 1. The summed E-state index contributed by atoms with van der Waals surface area (Å²) in [6, 6.07) is 0.114. The molecule has 0 saturated carbocycles. The van der Waals surface area contributed by atoms with Crippen molar-refractivity contribution in [3.05, 3.63) is 24.2 Å². The lowest BCUT2D eigenvalue weighted by Crippen LogP contribution is -2.34. The Kier molecular flexibility index (Phi) is 4.22. The summed E-state index contributed by atoms with van der Waals surface area (Å²) in [5, 5.41) is 14.5. The van der Waals surface area contributed by atoms with Crippen LogP contribution in [0.4, 0.5) is 0 Å². The molecule has 3 heterocycles. The Hall–Kier alpha value is -1.78. The summed E-state index contributed by atoms with van der Waals surface area (Å²) in [6.07, 6.45) is 3.77. The topological polar surface area (TPSA) is 114 Å². The Morgan fingerprint density at radius 3 is 2.79 bits per heavy atom. The maximum absolute atomic E-state index is 12.7. The highest BCUT2D eigenvalue weighted by Crippen LogP contribution is 2.33. The highest BCUT2D eigenvalue weighted by Gasteiger charge is 2.47. The van der Waals surface area contributed by atoms with Gasteiger partial charge in [-0.2, -0.15) is 9.29 Å². The van der Waals surface area contributed by atoms with E-state index in [4.69, 9.17) is 4.52 Å². The van der Waals surface area contributed by atoms with Gasteiger partial charge >= 0.3 is 0 Å². The largest absolute Gasteiger partial charge is 0.379 e. The highest BCUT2D eigenvalue weighted by molar-refractivity contribution is 7.89. The van der Waals surface area contributed by atoms with Crippen molar-refractivity contribution >= 4 is 10.0 Å². The molecule has 0 aliphatic carbocycles. The first-order valence-electron chi connectivity index (χ1n) is 7.85. The fourth-order valence-corrected chi connectivity index (χ4v) is 4.01. The third-order valence-electron chi connectivity index (χ3n) is 4.17. The van der Waals surface area contributed by atoms with Gasteiger partial charge in [-0.25, -0.2) is 13.4 Å². The normalized spacial score (nSPS) is 22.5. The van der Waals surface area contributed by atoms with E-state index in [0.29, 0.717) is 12.2 Å². The first-order chi connectivity index (χ1) is 11.3. The zero-order valence-corrected chi connectivity index (χ0v) is 14.7. The summed E-state index contributed by atoms with van der Waals surface area (Å²) < 4.78 is 33.5. The fraction of sp³-hybridized carbons (Fsp3) is 0.643. The van der Waals surface area contributed by atoms with Gasteiger partial charge in [-0.1, -0.05) is 12.1 Å². The van der Waals surface area contributed by atoms with Crippen LogP contribution in [0.5, 0.6) is 0 Å². The van der Waals surface area contributed by atoms with Crippen LogP contribution in [0.25, 0.3) is 0 Å². The predicted molar refractivity (Wildman–Crippen MR) is 83.6 cm³/mol. The molecule has 0 unspecified atom stereocenters. The molecule has 24 heavy (non-hydrogen) atoms. The van der Waals surface area contributed by atoms with Gasteiger partial charge in [0, 0.05) is 31.6 Å². The predicted octanol–water partition coefficient (Wildman–Crippen LogP) is 0.692. The molecular weight excluding hydrogens is 334 g/mol. The summed E-state index contributed by atoms with van der Waals surface area (Å²) in [6.45, 7) is 5.78. The number of rotatable bonds is 5. The quantitative estimate of drug-likeness (QED) is 0.839. The van der Waals surface area contributed by atoms with Crippen LogP contribution < -0.4 is 0 Å². The number of nitrogens with zero attached hydrogens (tertiary/aromatic N) is 5. The van der Waals surface area contributed by atoms with Crippen molar-refractivity contribution in [2.24, 2.45) is 0 Å².